The first-order valence-corrected chi connectivity index (χ1v) is 5.49. The van der Waals surface area contributed by atoms with Gasteiger partial charge in [-0.05, 0) is 34.3 Å². The van der Waals surface area contributed by atoms with Crippen molar-refractivity contribution in [2.24, 2.45) is 5.92 Å². The van der Waals surface area contributed by atoms with Gasteiger partial charge >= 0.3 is 0 Å². The zero-order valence-corrected chi connectivity index (χ0v) is 9.26. The molecular formula is C10H11BrFNO. The van der Waals surface area contributed by atoms with E-state index in [2.05, 4.69) is 20.9 Å². The lowest BCUT2D eigenvalue weighted by atomic mass is 10.3. The molecule has 1 aliphatic rings. The van der Waals surface area contributed by atoms with Gasteiger partial charge in [-0.2, -0.15) is 0 Å². The summed E-state index contributed by atoms with van der Waals surface area (Å²) in [5, 5.41) is 0. The topological polar surface area (TPSA) is 22.1 Å². The highest BCUT2D eigenvalue weighted by Gasteiger charge is 2.21. The Labute approximate surface area is 90.6 Å². The number of nitrogens with zero attached hydrogens (tertiary/aromatic N) is 1. The molecule has 0 aliphatic heterocycles. The lowest BCUT2D eigenvalue weighted by Gasteiger charge is -2.05. The van der Waals surface area contributed by atoms with Crippen molar-refractivity contribution in [1.29, 1.82) is 0 Å². The zero-order chi connectivity index (χ0) is 9.97. The summed E-state index contributed by atoms with van der Waals surface area (Å²) in [6.45, 7) is 0.566. The van der Waals surface area contributed by atoms with Crippen LogP contribution in [0.15, 0.2) is 16.7 Å². The van der Waals surface area contributed by atoms with E-state index in [-0.39, 0.29) is 5.88 Å². The second-order valence-corrected chi connectivity index (χ2v) is 4.44. The van der Waals surface area contributed by atoms with Gasteiger partial charge in [0.25, 0.3) is 0 Å². The zero-order valence-electron chi connectivity index (χ0n) is 7.67. The number of ether oxygens (including phenoxy) is 1. The SMILES string of the molecule is Fc1cc(Br)cnc1OCCC1CC1. The molecule has 0 bridgehead atoms. The van der Waals surface area contributed by atoms with Gasteiger partial charge in [-0.3, -0.25) is 0 Å². The predicted octanol–water partition coefficient (Wildman–Crippen LogP) is 3.16. The van der Waals surface area contributed by atoms with Gasteiger partial charge in [0.15, 0.2) is 5.82 Å². The summed E-state index contributed by atoms with van der Waals surface area (Å²) in [6.07, 6.45) is 5.13. The van der Waals surface area contributed by atoms with Crippen molar-refractivity contribution in [2.45, 2.75) is 19.3 Å². The van der Waals surface area contributed by atoms with Gasteiger partial charge in [0.2, 0.25) is 5.88 Å². The third-order valence-corrected chi connectivity index (χ3v) is 2.67. The van der Waals surface area contributed by atoms with Crippen LogP contribution < -0.4 is 4.74 Å². The van der Waals surface area contributed by atoms with Crippen LogP contribution in [0.1, 0.15) is 19.3 Å². The molecule has 1 aromatic rings. The molecule has 4 heteroatoms. The van der Waals surface area contributed by atoms with Gasteiger partial charge in [0.1, 0.15) is 0 Å². The van der Waals surface area contributed by atoms with E-state index in [1.54, 1.807) is 0 Å². The number of halogens is 2. The molecule has 0 saturated heterocycles. The minimum Gasteiger partial charge on any atom is -0.476 e. The largest absolute Gasteiger partial charge is 0.476 e. The third-order valence-electron chi connectivity index (χ3n) is 2.24. The van der Waals surface area contributed by atoms with E-state index >= 15 is 0 Å². The van der Waals surface area contributed by atoms with Crippen LogP contribution in [-0.4, -0.2) is 11.6 Å². The Morgan fingerprint density at radius 3 is 3.00 bits per heavy atom. The average Bonchev–Trinajstić information content (AvgIpc) is 2.92. The van der Waals surface area contributed by atoms with Crippen molar-refractivity contribution < 1.29 is 9.13 Å². The first-order valence-electron chi connectivity index (χ1n) is 4.69. The van der Waals surface area contributed by atoms with E-state index in [4.69, 9.17) is 4.74 Å². The predicted molar refractivity (Wildman–Crippen MR) is 54.7 cm³/mol. The highest BCUT2D eigenvalue weighted by molar-refractivity contribution is 9.10. The Bertz CT molecular complexity index is 328. The Morgan fingerprint density at radius 2 is 2.36 bits per heavy atom. The molecule has 0 radical (unpaired) electrons. The van der Waals surface area contributed by atoms with Crippen LogP contribution in [0, 0.1) is 11.7 Å². The van der Waals surface area contributed by atoms with Gasteiger partial charge in [-0.15, -0.1) is 0 Å². The van der Waals surface area contributed by atoms with Gasteiger partial charge in [0, 0.05) is 10.7 Å². The molecule has 0 amide bonds. The minimum absolute atomic E-state index is 0.105. The fourth-order valence-corrected chi connectivity index (χ4v) is 1.54. The molecule has 76 valence electrons. The van der Waals surface area contributed by atoms with Crippen LogP contribution >= 0.6 is 15.9 Å². The summed E-state index contributed by atoms with van der Waals surface area (Å²) in [7, 11) is 0. The molecule has 2 nitrogen and oxygen atoms in total. The number of aromatic nitrogens is 1. The van der Waals surface area contributed by atoms with Crippen molar-refractivity contribution in [3.63, 3.8) is 0 Å². The molecule has 14 heavy (non-hydrogen) atoms. The molecule has 1 saturated carbocycles. The van der Waals surface area contributed by atoms with Crippen LogP contribution in [0.25, 0.3) is 0 Å². The normalized spacial score (nSPS) is 15.6. The molecular weight excluding hydrogens is 249 g/mol. The van der Waals surface area contributed by atoms with Crippen molar-refractivity contribution in [1.82, 2.24) is 4.98 Å². The van der Waals surface area contributed by atoms with Gasteiger partial charge < -0.3 is 4.74 Å². The first-order chi connectivity index (χ1) is 6.75. The summed E-state index contributed by atoms with van der Waals surface area (Å²) < 4.78 is 19.0. The summed E-state index contributed by atoms with van der Waals surface area (Å²) >= 11 is 3.14. The maximum atomic E-state index is 13.2. The summed E-state index contributed by atoms with van der Waals surface area (Å²) in [5.74, 6) is 0.498. The van der Waals surface area contributed by atoms with Crippen molar-refractivity contribution in [2.75, 3.05) is 6.61 Å². The molecule has 0 atom stereocenters. The van der Waals surface area contributed by atoms with E-state index in [1.807, 2.05) is 0 Å². The molecule has 1 aromatic heterocycles. The van der Waals surface area contributed by atoms with Crippen LogP contribution in [0.5, 0.6) is 5.88 Å². The van der Waals surface area contributed by atoms with Crippen molar-refractivity contribution in [3.8, 4) is 5.88 Å². The number of rotatable bonds is 4. The van der Waals surface area contributed by atoms with Crippen LogP contribution in [0.2, 0.25) is 0 Å². The van der Waals surface area contributed by atoms with Crippen molar-refractivity contribution >= 4 is 15.9 Å². The molecule has 1 heterocycles. The molecule has 1 fully saturated rings. The highest BCUT2D eigenvalue weighted by atomic mass is 79.9. The van der Waals surface area contributed by atoms with E-state index in [9.17, 15) is 4.39 Å². The standard InChI is InChI=1S/C10H11BrFNO/c11-8-5-9(12)10(13-6-8)14-4-3-7-1-2-7/h5-7H,1-4H2. The quantitative estimate of drug-likeness (QED) is 0.829. The lowest BCUT2D eigenvalue weighted by Crippen LogP contribution is -2.01. The Balaban J connectivity index is 1.87. The third kappa shape index (κ3) is 2.67. The monoisotopic (exact) mass is 259 g/mol. The van der Waals surface area contributed by atoms with Gasteiger partial charge in [0.05, 0.1) is 6.61 Å². The van der Waals surface area contributed by atoms with Crippen LogP contribution in [-0.2, 0) is 0 Å². The average molecular weight is 260 g/mol. The molecule has 2 rings (SSSR count). The van der Waals surface area contributed by atoms with Gasteiger partial charge in [-0.25, -0.2) is 9.37 Å². The van der Waals surface area contributed by atoms with E-state index in [0.717, 1.165) is 12.3 Å². The minimum atomic E-state index is -0.407. The maximum Gasteiger partial charge on any atom is 0.250 e. The molecule has 1 aliphatic carbocycles. The first kappa shape index (κ1) is 9.90. The van der Waals surface area contributed by atoms with E-state index < -0.39 is 5.82 Å². The smallest absolute Gasteiger partial charge is 0.250 e. The summed E-state index contributed by atoms with van der Waals surface area (Å²) in [4.78, 5) is 3.85. The highest BCUT2D eigenvalue weighted by Crippen LogP contribution is 2.32. The fraction of sp³-hybridized carbons (Fsp3) is 0.500. The fourth-order valence-electron chi connectivity index (χ4n) is 1.24. The number of hydrogen-bond acceptors (Lipinski definition) is 2. The number of hydrogen-bond donors (Lipinski definition) is 0. The maximum absolute atomic E-state index is 13.2. The second-order valence-electron chi connectivity index (χ2n) is 3.52. The summed E-state index contributed by atoms with van der Waals surface area (Å²) in [5.41, 5.74) is 0. The van der Waals surface area contributed by atoms with Crippen LogP contribution in [0.4, 0.5) is 4.39 Å². The second kappa shape index (κ2) is 4.26. The Kier molecular flexibility index (Phi) is 3.01. The molecule has 0 unspecified atom stereocenters. The Hall–Kier alpha value is -0.640. The lowest BCUT2D eigenvalue weighted by molar-refractivity contribution is 0.276. The van der Waals surface area contributed by atoms with Crippen molar-refractivity contribution in [3.05, 3.63) is 22.6 Å². The van der Waals surface area contributed by atoms with Gasteiger partial charge in [-0.1, -0.05) is 12.8 Å². The molecule has 0 N–H and O–H groups in total. The van der Waals surface area contributed by atoms with E-state index in [1.165, 1.54) is 25.1 Å². The molecule has 0 spiro atoms. The van der Waals surface area contributed by atoms with Crippen LogP contribution in [0.3, 0.4) is 0 Å². The number of pyridine rings is 1. The molecule has 0 aromatic carbocycles. The Morgan fingerprint density at radius 1 is 1.57 bits per heavy atom. The van der Waals surface area contributed by atoms with E-state index in [0.29, 0.717) is 11.1 Å². The summed E-state index contributed by atoms with van der Waals surface area (Å²) in [6, 6.07) is 1.36.